The van der Waals surface area contributed by atoms with Gasteiger partial charge in [0.25, 0.3) is 0 Å². The predicted octanol–water partition coefficient (Wildman–Crippen LogP) is 3.12. The molecule has 1 aromatic carbocycles. The van der Waals surface area contributed by atoms with Crippen LogP contribution in [0.3, 0.4) is 0 Å². The second-order valence-corrected chi connectivity index (χ2v) is 6.59. The molecule has 0 aliphatic rings. The molecule has 0 amide bonds. The Labute approximate surface area is 144 Å². The highest BCUT2D eigenvalue weighted by Gasteiger charge is 2.14. The van der Waals surface area contributed by atoms with Crippen molar-refractivity contribution in [2.45, 2.75) is 10.6 Å². The second kappa shape index (κ2) is 8.82. The van der Waals surface area contributed by atoms with Crippen molar-refractivity contribution in [1.29, 1.82) is 5.41 Å². The van der Waals surface area contributed by atoms with Gasteiger partial charge in [0.1, 0.15) is 11.7 Å². The fourth-order valence-corrected chi connectivity index (χ4v) is 3.48. The molecule has 7 heteroatoms. The van der Waals surface area contributed by atoms with E-state index in [9.17, 15) is 0 Å². The molecular formula is C15H19ClN4S2. The SMILES string of the molecule is CSc1cc(C(N)=NCCc2ccccc2)c(C(=N)N)s1.Cl. The first-order valence-electron chi connectivity index (χ1n) is 6.48. The number of nitrogens with one attached hydrogen (secondary N) is 1. The average Bonchev–Trinajstić information content (AvgIpc) is 2.93. The lowest BCUT2D eigenvalue weighted by Crippen LogP contribution is -2.19. The zero-order chi connectivity index (χ0) is 15.2. The van der Waals surface area contributed by atoms with Crippen LogP contribution in [0.25, 0.3) is 0 Å². The third-order valence-electron chi connectivity index (χ3n) is 2.96. The van der Waals surface area contributed by atoms with Crippen LogP contribution >= 0.6 is 35.5 Å². The minimum Gasteiger partial charge on any atom is -0.383 e. The number of thiophene rings is 1. The summed E-state index contributed by atoms with van der Waals surface area (Å²) in [7, 11) is 0. The van der Waals surface area contributed by atoms with Crippen molar-refractivity contribution >= 4 is 47.2 Å². The maximum absolute atomic E-state index is 7.64. The van der Waals surface area contributed by atoms with Gasteiger partial charge < -0.3 is 11.5 Å². The largest absolute Gasteiger partial charge is 0.383 e. The van der Waals surface area contributed by atoms with Crippen molar-refractivity contribution in [3.05, 3.63) is 52.4 Å². The molecule has 4 nitrogen and oxygen atoms in total. The number of hydrogen-bond donors (Lipinski definition) is 3. The zero-order valence-corrected chi connectivity index (χ0v) is 14.7. The number of nitrogens with zero attached hydrogens (tertiary/aromatic N) is 1. The van der Waals surface area contributed by atoms with Crippen LogP contribution in [0.1, 0.15) is 16.0 Å². The maximum Gasteiger partial charge on any atom is 0.133 e. The van der Waals surface area contributed by atoms with Gasteiger partial charge in [0, 0.05) is 12.1 Å². The van der Waals surface area contributed by atoms with Crippen molar-refractivity contribution in [1.82, 2.24) is 0 Å². The van der Waals surface area contributed by atoms with Crippen LogP contribution in [-0.2, 0) is 6.42 Å². The number of thioether (sulfide) groups is 1. The van der Waals surface area contributed by atoms with E-state index in [1.54, 1.807) is 11.8 Å². The molecule has 0 aliphatic carbocycles. The molecule has 0 unspecified atom stereocenters. The summed E-state index contributed by atoms with van der Waals surface area (Å²) in [5.41, 5.74) is 13.7. The molecule has 0 spiro atoms. The molecule has 0 saturated carbocycles. The van der Waals surface area contributed by atoms with Crippen LogP contribution in [0.15, 0.2) is 45.6 Å². The maximum atomic E-state index is 7.64. The van der Waals surface area contributed by atoms with Crippen LogP contribution in [0, 0.1) is 5.41 Å². The number of nitrogen functional groups attached to an aromatic ring is 1. The number of benzene rings is 1. The lowest BCUT2D eigenvalue weighted by molar-refractivity contribution is 0.966. The van der Waals surface area contributed by atoms with E-state index in [1.165, 1.54) is 16.9 Å². The Bertz CT molecular complexity index is 653. The zero-order valence-electron chi connectivity index (χ0n) is 12.2. The Hall–Kier alpha value is -1.50. The molecule has 0 aliphatic heterocycles. The summed E-state index contributed by atoms with van der Waals surface area (Å²) < 4.78 is 1.08. The van der Waals surface area contributed by atoms with Gasteiger partial charge in [-0.25, -0.2) is 0 Å². The van der Waals surface area contributed by atoms with Crippen LogP contribution in [0.4, 0.5) is 0 Å². The predicted molar refractivity (Wildman–Crippen MR) is 100 cm³/mol. The fraction of sp³-hybridized carbons (Fsp3) is 0.200. The summed E-state index contributed by atoms with van der Waals surface area (Å²) in [6, 6.07) is 12.1. The van der Waals surface area contributed by atoms with Crippen LogP contribution in [0.5, 0.6) is 0 Å². The lowest BCUT2D eigenvalue weighted by Gasteiger charge is -2.02. The van der Waals surface area contributed by atoms with E-state index < -0.39 is 0 Å². The molecule has 1 heterocycles. The van der Waals surface area contributed by atoms with Gasteiger partial charge in [-0.1, -0.05) is 30.3 Å². The number of hydrogen-bond acceptors (Lipinski definition) is 4. The standard InChI is InChI=1S/C15H18N4S2.ClH/c1-20-12-9-11(13(21-12)14(16)17)15(18)19-8-7-10-5-3-2-4-6-10;/h2-6,9H,7-8H2,1H3,(H3,16,17)(H2,18,19);1H. The molecule has 0 radical (unpaired) electrons. The van der Waals surface area contributed by atoms with Crippen molar-refractivity contribution in [3.8, 4) is 0 Å². The van der Waals surface area contributed by atoms with Crippen molar-refractivity contribution < 1.29 is 0 Å². The average molecular weight is 355 g/mol. The number of aliphatic imine (C=N–C) groups is 1. The van der Waals surface area contributed by atoms with Gasteiger partial charge in [-0.15, -0.1) is 35.5 Å². The molecule has 0 atom stereocenters. The first-order valence-corrected chi connectivity index (χ1v) is 8.52. The molecule has 2 aromatic rings. The number of amidine groups is 2. The van der Waals surface area contributed by atoms with Crippen molar-refractivity contribution in [3.63, 3.8) is 0 Å². The van der Waals surface area contributed by atoms with Gasteiger partial charge in [-0.2, -0.15) is 0 Å². The summed E-state index contributed by atoms with van der Waals surface area (Å²) >= 11 is 3.09. The quantitative estimate of drug-likeness (QED) is 0.423. The Morgan fingerprint density at radius 3 is 2.55 bits per heavy atom. The summed E-state index contributed by atoms with van der Waals surface area (Å²) in [5, 5.41) is 7.64. The molecular weight excluding hydrogens is 336 g/mol. The van der Waals surface area contributed by atoms with E-state index in [1.807, 2.05) is 30.5 Å². The van der Waals surface area contributed by atoms with Gasteiger partial charge in [0.05, 0.1) is 9.09 Å². The van der Waals surface area contributed by atoms with Gasteiger partial charge >= 0.3 is 0 Å². The smallest absolute Gasteiger partial charge is 0.133 e. The van der Waals surface area contributed by atoms with E-state index in [0.717, 1.165) is 16.2 Å². The molecule has 2 rings (SSSR count). The van der Waals surface area contributed by atoms with Gasteiger partial charge in [-0.05, 0) is 24.3 Å². The molecule has 0 bridgehead atoms. The van der Waals surface area contributed by atoms with E-state index in [-0.39, 0.29) is 18.2 Å². The molecule has 0 saturated heterocycles. The molecule has 5 N–H and O–H groups in total. The Morgan fingerprint density at radius 1 is 1.27 bits per heavy atom. The van der Waals surface area contributed by atoms with E-state index >= 15 is 0 Å². The summed E-state index contributed by atoms with van der Waals surface area (Å²) in [6.45, 7) is 0.623. The first kappa shape index (κ1) is 18.5. The van der Waals surface area contributed by atoms with E-state index in [0.29, 0.717) is 17.3 Å². The van der Waals surface area contributed by atoms with Gasteiger partial charge in [-0.3, -0.25) is 10.4 Å². The monoisotopic (exact) mass is 354 g/mol. The lowest BCUT2D eigenvalue weighted by atomic mass is 10.1. The number of nitrogens with two attached hydrogens (primary N) is 2. The first-order chi connectivity index (χ1) is 10.1. The van der Waals surface area contributed by atoms with Gasteiger partial charge in [0.15, 0.2) is 0 Å². The minimum atomic E-state index is 0. The topological polar surface area (TPSA) is 88.2 Å². The third-order valence-corrected chi connectivity index (χ3v) is 5.19. The summed E-state index contributed by atoms with van der Waals surface area (Å²) in [6.07, 6.45) is 2.83. The third kappa shape index (κ3) is 4.76. The van der Waals surface area contributed by atoms with Gasteiger partial charge in [0.2, 0.25) is 0 Å². The molecule has 22 heavy (non-hydrogen) atoms. The van der Waals surface area contributed by atoms with Crippen molar-refractivity contribution in [2.75, 3.05) is 12.8 Å². The molecule has 1 aromatic heterocycles. The van der Waals surface area contributed by atoms with E-state index in [2.05, 4.69) is 17.1 Å². The second-order valence-electron chi connectivity index (χ2n) is 4.43. The fourth-order valence-electron chi connectivity index (χ4n) is 1.89. The molecule has 118 valence electrons. The van der Waals surface area contributed by atoms with E-state index in [4.69, 9.17) is 16.9 Å². The normalized spacial score (nSPS) is 11.0. The van der Waals surface area contributed by atoms with Crippen LogP contribution < -0.4 is 11.5 Å². The van der Waals surface area contributed by atoms with Crippen molar-refractivity contribution in [2.24, 2.45) is 16.5 Å². The Morgan fingerprint density at radius 2 is 1.95 bits per heavy atom. The number of rotatable bonds is 6. The van der Waals surface area contributed by atoms with Crippen LogP contribution in [-0.4, -0.2) is 24.5 Å². The number of halogens is 1. The summed E-state index contributed by atoms with van der Waals surface area (Å²) in [4.78, 5) is 5.11. The Kier molecular flexibility index (Phi) is 7.44. The summed E-state index contributed by atoms with van der Waals surface area (Å²) in [5.74, 6) is 0.490. The highest BCUT2D eigenvalue weighted by Crippen LogP contribution is 2.29. The van der Waals surface area contributed by atoms with Crippen LogP contribution in [0.2, 0.25) is 0 Å². The Balaban J connectivity index is 0.00000242. The highest BCUT2D eigenvalue weighted by molar-refractivity contribution is 8.00. The minimum absolute atomic E-state index is 0. The molecule has 0 fully saturated rings. The highest BCUT2D eigenvalue weighted by atomic mass is 35.5.